The Kier molecular flexibility index (Phi) is 5.78. The minimum atomic E-state index is 0.607. The van der Waals surface area contributed by atoms with Crippen LogP contribution in [0.5, 0.6) is 0 Å². The molecule has 45 heavy (non-hydrogen) atoms. The van der Waals surface area contributed by atoms with Crippen LogP contribution >= 0.6 is 0 Å². The summed E-state index contributed by atoms with van der Waals surface area (Å²) in [6, 6.07) is 52.2. The first-order chi connectivity index (χ1) is 22.3. The third-order valence-corrected chi connectivity index (χ3v) is 8.52. The van der Waals surface area contributed by atoms with Gasteiger partial charge in [0.2, 0.25) is 0 Å². The molecule has 0 spiro atoms. The number of aromatic nitrogens is 3. The Balaban J connectivity index is 1.29. The Labute approximate surface area is 259 Å². The van der Waals surface area contributed by atoms with Crippen LogP contribution in [-0.2, 0) is 0 Å². The quantitative estimate of drug-likeness (QED) is 0.209. The zero-order chi connectivity index (χ0) is 29.7. The van der Waals surface area contributed by atoms with Crippen molar-refractivity contribution in [1.82, 2.24) is 15.0 Å². The summed E-state index contributed by atoms with van der Waals surface area (Å²) in [5, 5.41) is 6.73. The van der Waals surface area contributed by atoms with Gasteiger partial charge in [-0.25, -0.2) is 15.0 Å². The van der Waals surface area contributed by atoms with Crippen molar-refractivity contribution in [3.05, 3.63) is 152 Å². The summed E-state index contributed by atoms with van der Waals surface area (Å²) in [7, 11) is 0. The van der Waals surface area contributed by atoms with Crippen LogP contribution in [-0.4, -0.2) is 15.0 Å². The maximum atomic E-state index is 6.66. The summed E-state index contributed by atoms with van der Waals surface area (Å²) in [5.74, 6) is 1.87. The molecule has 0 saturated heterocycles. The fourth-order valence-corrected chi connectivity index (χ4v) is 6.38. The molecule has 2 aromatic heterocycles. The number of furan rings is 1. The molecule has 7 aromatic carbocycles. The second-order valence-electron chi connectivity index (χ2n) is 11.2. The van der Waals surface area contributed by atoms with Crippen LogP contribution in [0.25, 0.3) is 88.8 Å². The topological polar surface area (TPSA) is 51.8 Å². The van der Waals surface area contributed by atoms with Gasteiger partial charge in [0, 0.05) is 33.0 Å². The first kappa shape index (κ1) is 25.4. The monoisotopic (exact) mass is 575 g/mol. The van der Waals surface area contributed by atoms with E-state index >= 15 is 0 Å². The predicted molar refractivity (Wildman–Crippen MR) is 184 cm³/mol. The van der Waals surface area contributed by atoms with Gasteiger partial charge in [0.15, 0.2) is 17.5 Å². The van der Waals surface area contributed by atoms with E-state index in [1.165, 1.54) is 16.2 Å². The van der Waals surface area contributed by atoms with Gasteiger partial charge in [-0.05, 0) is 39.2 Å². The largest absolute Gasteiger partial charge is 0.455 e. The lowest BCUT2D eigenvalue weighted by molar-refractivity contribution is 0.670. The molecule has 0 N–H and O–H groups in total. The summed E-state index contributed by atoms with van der Waals surface area (Å²) < 4.78 is 6.66. The van der Waals surface area contributed by atoms with Gasteiger partial charge >= 0.3 is 0 Å². The molecule has 0 fully saturated rings. The number of hydrogen-bond donors (Lipinski definition) is 0. The smallest absolute Gasteiger partial charge is 0.164 e. The highest BCUT2D eigenvalue weighted by Gasteiger charge is 2.20. The molecule has 210 valence electrons. The van der Waals surface area contributed by atoms with E-state index in [-0.39, 0.29) is 0 Å². The van der Waals surface area contributed by atoms with E-state index in [0.29, 0.717) is 17.5 Å². The lowest BCUT2D eigenvalue weighted by atomic mass is 9.96. The molecule has 0 aliphatic heterocycles. The van der Waals surface area contributed by atoms with Crippen molar-refractivity contribution >= 4 is 43.5 Å². The fourth-order valence-electron chi connectivity index (χ4n) is 6.38. The molecule has 0 atom stereocenters. The van der Waals surface area contributed by atoms with Crippen molar-refractivity contribution in [3.8, 4) is 45.3 Å². The standard InChI is InChI=1S/C41H25N3O/c1-2-13-28(14-3-1)39-42-40(30-24-23-26-11-4-5-15-29(26)25-30)44-41(43-39)35-21-10-22-36-37(35)34-20-9-19-33(38(34)45-36)32-18-8-16-27-12-6-7-17-31(27)32/h1-25H. The van der Waals surface area contributed by atoms with Crippen molar-refractivity contribution in [2.75, 3.05) is 0 Å². The van der Waals surface area contributed by atoms with Gasteiger partial charge in [-0.15, -0.1) is 0 Å². The third kappa shape index (κ3) is 4.27. The number of rotatable bonds is 4. The first-order valence-electron chi connectivity index (χ1n) is 15.0. The lowest BCUT2D eigenvalue weighted by Gasteiger charge is -2.10. The van der Waals surface area contributed by atoms with Gasteiger partial charge in [-0.1, -0.05) is 140 Å². The van der Waals surface area contributed by atoms with Crippen molar-refractivity contribution in [1.29, 1.82) is 0 Å². The Bertz CT molecular complexity index is 2540. The maximum Gasteiger partial charge on any atom is 0.164 e. The van der Waals surface area contributed by atoms with Crippen molar-refractivity contribution < 1.29 is 4.42 Å². The minimum absolute atomic E-state index is 0.607. The SMILES string of the molecule is c1ccc(-c2nc(-c3ccc4ccccc4c3)nc(-c3cccc4oc5c(-c6cccc7ccccc67)cccc5c34)n2)cc1. The second-order valence-corrected chi connectivity index (χ2v) is 11.2. The molecule has 9 aromatic rings. The van der Waals surface area contributed by atoms with Crippen LogP contribution in [0.2, 0.25) is 0 Å². The summed E-state index contributed by atoms with van der Waals surface area (Å²) >= 11 is 0. The zero-order valence-corrected chi connectivity index (χ0v) is 24.2. The van der Waals surface area contributed by atoms with Crippen LogP contribution in [0, 0.1) is 0 Å². The zero-order valence-electron chi connectivity index (χ0n) is 24.2. The van der Waals surface area contributed by atoms with Crippen molar-refractivity contribution in [2.45, 2.75) is 0 Å². The number of nitrogens with zero attached hydrogens (tertiary/aromatic N) is 3. The van der Waals surface area contributed by atoms with Crippen LogP contribution in [0.4, 0.5) is 0 Å². The fraction of sp³-hybridized carbons (Fsp3) is 0. The number of para-hydroxylation sites is 1. The highest BCUT2D eigenvalue weighted by Crippen LogP contribution is 2.41. The molecule has 0 bridgehead atoms. The molecule has 0 aliphatic carbocycles. The van der Waals surface area contributed by atoms with Gasteiger partial charge in [0.25, 0.3) is 0 Å². The van der Waals surface area contributed by atoms with E-state index in [1.807, 2.05) is 42.5 Å². The maximum absolute atomic E-state index is 6.66. The van der Waals surface area contributed by atoms with Crippen LogP contribution in [0.15, 0.2) is 156 Å². The number of hydrogen-bond acceptors (Lipinski definition) is 4. The Morgan fingerprint density at radius 2 is 1.00 bits per heavy atom. The Hall–Kier alpha value is -6.13. The molecule has 4 nitrogen and oxygen atoms in total. The van der Waals surface area contributed by atoms with E-state index in [2.05, 4.69) is 109 Å². The number of fused-ring (bicyclic) bond motifs is 5. The average molecular weight is 576 g/mol. The van der Waals surface area contributed by atoms with Crippen LogP contribution in [0.3, 0.4) is 0 Å². The van der Waals surface area contributed by atoms with E-state index in [0.717, 1.165) is 55.1 Å². The van der Waals surface area contributed by atoms with Gasteiger partial charge in [0.1, 0.15) is 11.2 Å². The third-order valence-electron chi connectivity index (χ3n) is 8.52. The first-order valence-corrected chi connectivity index (χ1v) is 15.0. The minimum Gasteiger partial charge on any atom is -0.455 e. The van der Waals surface area contributed by atoms with Gasteiger partial charge in [-0.2, -0.15) is 0 Å². The highest BCUT2D eigenvalue weighted by atomic mass is 16.3. The van der Waals surface area contributed by atoms with Crippen molar-refractivity contribution in [2.24, 2.45) is 0 Å². The summed E-state index contributed by atoms with van der Waals surface area (Å²) in [6.07, 6.45) is 0. The average Bonchev–Trinajstić information content (AvgIpc) is 3.51. The lowest BCUT2D eigenvalue weighted by Crippen LogP contribution is -2.00. The van der Waals surface area contributed by atoms with Crippen molar-refractivity contribution in [3.63, 3.8) is 0 Å². The van der Waals surface area contributed by atoms with Gasteiger partial charge in [0.05, 0.1) is 0 Å². The second kappa shape index (κ2) is 10.2. The molecule has 0 unspecified atom stereocenters. The van der Waals surface area contributed by atoms with E-state index in [1.54, 1.807) is 0 Å². The molecule has 0 aliphatic rings. The Morgan fingerprint density at radius 3 is 1.89 bits per heavy atom. The molecular weight excluding hydrogens is 550 g/mol. The molecule has 2 heterocycles. The van der Waals surface area contributed by atoms with E-state index < -0.39 is 0 Å². The van der Waals surface area contributed by atoms with Crippen LogP contribution in [0.1, 0.15) is 0 Å². The molecule has 0 saturated carbocycles. The van der Waals surface area contributed by atoms with Gasteiger partial charge < -0.3 is 4.42 Å². The molecular formula is C41H25N3O. The van der Waals surface area contributed by atoms with E-state index in [4.69, 9.17) is 19.4 Å². The molecule has 4 heteroatoms. The molecule has 0 radical (unpaired) electrons. The van der Waals surface area contributed by atoms with E-state index in [9.17, 15) is 0 Å². The van der Waals surface area contributed by atoms with Gasteiger partial charge in [-0.3, -0.25) is 0 Å². The Morgan fingerprint density at radius 1 is 0.378 bits per heavy atom. The molecule has 0 amide bonds. The normalized spacial score (nSPS) is 11.6. The van der Waals surface area contributed by atoms with Crippen LogP contribution < -0.4 is 0 Å². The number of benzene rings is 7. The summed E-state index contributed by atoms with van der Waals surface area (Å²) in [4.78, 5) is 15.1. The summed E-state index contributed by atoms with van der Waals surface area (Å²) in [6.45, 7) is 0. The molecule has 9 rings (SSSR count). The highest BCUT2D eigenvalue weighted by molar-refractivity contribution is 6.16. The predicted octanol–water partition coefficient (Wildman–Crippen LogP) is 10.7. The summed E-state index contributed by atoms with van der Waals surface area (Å²) in [5.41, 5.74) is 6.63.